The number of piperazine rings is 1. The molecule has 1 aromatic rings. The number of amides is 1. The van der Waals surface area contributed by atoms with Crippen LogP contribution in [0.3, 0.4) is 0 Å². The normalized spacial score (nSPS) is 15.0. The van der Waals surface area contributed by atoms with Gasteiger partial charge in [0.05, 0.1) is 26.5 Å². The fourth-order valence-electron chi connectivity index (χ4n) is 2.16. The monoisotopic (exact) mass is 315 g/mol. The molecule has 0 atom stereocenters. The number of anilines is 1. The zero-order chi connectivity index (χ0) is 14.4. The first-order valence-corrected chi connectivity index (χ1v) is 6.68. The molecule has 2 rings (SSSR count). The fourth-order valence-corrected chi connectivity index (χ4v) is 2.16. The molecular formula is C14H22ClN3O3. The van der Waals surface area contributed by atoms with Crippen LogP contribution in [-0.4, -0.2) is 57.8 Å². The van der Waals surface area contributed by atoms with Crippen molar-refractivity contribution in [3.63, 3.8) is 0 Å². The molecule has 0 aliphatic carbocycles. The Balaban J connectivity index is 0.00000220. The molecule has 1 saturated heterocycles. The summed E-state index contributed by atoms with van der Waals surface area (Å²) in [6, 6.07) is 5.33. The molecular weight excluding hydrogens is 294 g/mol. The lowest BCUT2D eigenvalue weighted by atomic mass is 10.2. The van der Waals surface area contributed by atoms with E-state index in [1.807, 2.05) is 0 Å². The van der Waals surface area contributed by atoms with Crippen LogP contribution in [0.25, 0.3) is 0 Å². The van der Waals surface area contributed by atoms with Gasteiger partial charge < -0.3 is 20.1 Å². The van der Waals surface area contributed by atoms with E-state index in [4.69, 9.17) is 9.47 Å². The lowest BCUT2D eigenvalue weighted by Crippen LogP contribution is -2.46. The summed E-state index contributed by atoms with van der Waals surface area (Å²) in [6.07, 6.45) is 0. The van der Waals surface area contributed by atoms with Gasteiger partial charge in [-0.25, -0.2) is 0 Å². The summed E-state index contributed by atoms with van der Waals surface area (Å²) in [6.45, 7) is 4.05. The maximum absolute atomic E-state index is 12.0. The van der Waals surface area contributed by atoms with Crippen molar-refractivity contribution in [3.8, 4) is 11.5 Å². The number of nitrogens with zero attached hydrogens (tertiary/aromatic N) is 1. The molecule has 1 aliphatic rings. The topological polar surface area (TPSA) is 62.8 Å². The fraction of sp³-hybridized carbons (Fsp3) is 0.500. The van der Waals surface area contributed by atoms with Crippen LogP contribution in [0.15, 0.2) is 18.2 Å². The minimum absolute atomic E-state index is 0. The number of nitrogens with one attached hydrogen (secondary N) is 2. The zero-order valence-corrected chi connectivity index (χ0v) is 13.2. The Hall–Kier alpha value is -1.50. The van der Waals surface area contributed by atoms with Gasteiger partial charge in [0, 0.05) is 32.2 Å². The summed E-state index contributed by atoms with van der Waals surface area (Å²) in [4.78, 5) is 14.2. The third-order valence-electron chi connectivity index (χ3n) is 3.26. The maximum atomic E-state index is 12.0. The summed E-state index contributed by atoms with van der Waals surface area (Å²) in [5.74, 6) is 1.26. The van der Waals surface area contributed by atoms with Crippen LogP contribution in [0, 0.1) is 0 Å². The second-order valence-electron chi connectivity index (χ2n) is 4.64. The summed E-state index contributed by atoms with van der Waals surface area (Å²) in [5.41, 5.74) is 0.661. The highest BCUT2D eigenvalue weighted by atomic mass is 35.5. The SMILES string of the molecule is COc1ccc(NC(=O)CN2CCNCC2)c(OC)c1.Cl. The van der Waals surface area contributed by atoms with Gasteiger partial charge in [-0.3, -0.25) is 9.69 Å². The molecule has 0 saturated carbocycles. The number of hydrogen-bond acceptors (Lipinski definition) is 5. The Morgan fingerprint density at radius 1 is 1.29 bits per heavy atom. The van der Waals surface area contributed by atoms with E-state index < -0.39 is 0 Å². The minimum atomic E-state index is -0.0321. The van der Waals surface area contributed by atoms with Crippen molar-refractivity contribution in [2.24, 2.45) is 0 Å². The molecule has 0 radical (unpaired) electrons. The van der Waals surface area contributed by atoms with Crippen molar-refractivity contribution in [2.45, 2.75) is 0 Å². The van der Waals surface area contributed by atoms with Gasteiger partial charge in [-0.05, 0) is 12.1 Å². The van der Waals surface area contributed by atoms with Gasteiger partial charge >= 0.3 is 0 Å². The highest BCUT2D eigenvalue weighted by Crippen LogP contribution is 2.28. The smallest absolute Gasteiger partial charge is 0.238 e. The van der Waals surface area contributed by atoms with Crippen molar-refractivity contribution < 1.29 is 14.3 Å². The lowest BCUT2D eigenvalue weighted by Gasteiger charge is -2.26. The Morgan fingerprint density at radius 3 is 2.62 bits per heavy atom. The van der Waals surface area contributed by atoms with E-state index in [0.717, 1.165) is 26.2 Å². The Kier molecular flexibility index (Phi) is 7.28. The van der Waals surface area contributed by atoms with E-state index >= 15 is 0 Å². The van der Waals surface area contributed by atoms with Crippen LogP contribution in [-0.2, 0) is 4.79 Å². The van der Waals surface area contributed by atoms with Crippen molar-refractivity contribution in [3.05, 3.63) is 18.2 Å². The molecule has 7 heteroatoms. The van der Waals surface area contributed by atoms with Gasteiger partial charge in [-0.2, -0.15) is 0 Å². The standard InChI is InChI=1S/C14H21N3O3.ClH/c1-19-11-3-4-12(13(9-11)20-2)16-14(18)10-17-7-5-15-6-8-17;/h3-4,9,15H,5-8,10H2,1-2H3,(H,16,18);1H. The summed E-state index contributed by atoms with van der Waals surface area (Å²) in [5, 5.41) is 6.14. The summed E-state index contributed by atoms with van der Waals surface area (Å²) < 4.78 is 10.4. The molecule has 1 aromatic carbocycles. The van der Waals surface area contributed by atoms with E-state index in [9.17, 15) is 4.79 Å². The molecule has 1 fully saturated rings. The Labute approximate surface area is 131 Å². The van der Waals surface area contributed by atoms with Crippen molar-refractivity contribution in [1.82, 2.24) is 10.2 Å². The number of hydrogen-bond donors (Lipinski definition) is 2. The zero-order valence-electron chi connectivity index (χ0n) is 12.3. The number of carbonyl (C=O) groups excluding carboxylic acids is 1. The quantitative estimate of drug-likeness (QED) is 0.848. The average molecular weight is 316 g/mol. The van der Waals surface area contributed by atoms with Gasteiger partial charge in [0.2, 0.25) is 5.91 Å². The predicted octanol–water partition coefficient (Wildman–Crippen LogP) is 0.969. The van der Waals surface area contributed by atoms with Gasteiger partial charge in [-0.15, -0.1) is 12.4 Å². The molecule has 0 bridgehead atoms. The first kappa shape index (κ1) is 17.6. The second-order valence-corrected chi connectivity index (χ2v) is 4.64. The van der Waals surface area contributed by atoms with Crippen LogP contribution in [0.4, 0.5) is 5.69 Å². The second kappa shape index (κ2) is 8.71. The molecule has 1 amide bonds. The molecule has 118 valence electrons. The Morgan fingerprint density at radius 2 is 2.00 bits per heavy atom. The van der Waals surface area contributed by atoms with Crippen LogP contribution >= 0.6 is 12.4 Å². The van der Waals surface area contributed by atoms with Crippen LogP contribution in [0.5, 0.6) is 11.5 Å². The molecule has 1 heterocycles. The van der Waals surface area contributed by atoms with Crippen LogP contribution in [0.1, 0.15) is 0 Å². The van der Waals surface area contributed by atoms with E-state index in [0.29, 0.717) is 23.7 Å². The minimum Gasteiger partial charge on any atom is -0.497 e. The van der Waals surface area contributed by atoms with Gasteiger partial charge in [0.25, 0.3) is 0 Å². The van der Waals surface area contributed by atoms with E-state index in [-0.39, 0.29) is 18.3 Å². The van der Waals surface area contributed by atoms with Gasteiger partial charge in [0.15, 0.2) is 0 Å². The van der Waals surface area contributed by atoms with Crippen molar-refractivity contribution >= 4 is 24.0 Å². The van der Waals surface area contributed by atoms with Crippen molar-refractivity contribution in [1.29, 1.82) is 0 Å². The molecule has 0 aromatic heterocycles. The lowest BCUT2D eigenvalue weighted by molar-refractivity contribution is -0.117. The molecule has 1 aliphatic heterocycles. The number of halogens is 1. The highest BCUT2D eigenvalue weighted by Gasteiger charge is 2.15. The predicted molar refractivity (Wildman–Crippen MR) is 84.7 cm³/mol. The average Bonchev–Trinajstić information content (AvgIpc) is 2.48. The number of rotatable bonds is 5. The number of carbonyl (C=O) groups is 1. The largest absolute Gasteiger partial charge is 0.497 e. The van der Waals surface area contributed by atoms with E-state index in [1.165, 1.54) is 0 Å². The molecule has 0 unspecified atom stereocenters. The number of methoxy groups -OCH3 is 2. The Bertz CT molecular complexity index is 465. The summed E-state index contributed by atoms with van der Waals surface area (Å²) >= 11 is 0. The third-order valence-corrected chi connectivity index (χ3v) is 3.26. The first-order valence-electron chi connectivity index (χ1n) is 6.68. The number of ether oxygens (including phenoxy) is 2. The maximum Gasteiger partial charge on any atom is 0.238 e. The summed E-state index contributed by atoms with van der Waals surface area (Å²) in [7, 11) is 3.16. The molecule has 21 heavy (non-hydrogen) atoms. The van der Waals surface area contributed by atoms with Gasteiger partial charge in [0.1, 0.15) is 11.5 Å². The van der Waals surface area contributed by atoms with Crippen LogP contribution < -0.4 is 20.1 Å². The van der Waals surface area contributed by atoms with Gasteiger partial charge in [-0.1, -0.05) is 0 Å². The van der Waals surface area contributed by atoms with E-state index in [1.54, 1.807) is 32.4 Å². The van der Waals surface area contributed by atoms with Crippen LogP contribution in [0.2, 0.25) is 0 Å². The molecule has 0 spiro atoms. The highest BCUT2D eigenvalue weighted by molar-refractivity contribution is 5.93. The molecule has 6 nitrogen and oxygen atoms in total. The molecule has 2 N–H and O–H groups in total. The third kappa shape index (κ3) is 5.08. The van der Waals surface area contributed by atoms with Crippen molar-refractivity contribution in [2.75, 3.05) is 52.3 Å². The van der Waals surface area contributed by atoms with E-state index in [2.05, 4.69) is 15.5 Å². The number of benzene rings is 1. The first-order chi connectivity index (χ1) is 9.72.